The Balaban J connectivity index is 0.000000396. The molecule has 1 N–H and O–H groups in total. The SMILES string of the molecule is CC(C)CN1CCO[C@@H]2CCN(C(=O)Cc3ccsc3)CC[C@H]21.O=C(O)C(F)(F)F. The van der Waals surface area contributed by atoms with Crippen molar-refractivity contribution in [3.63, 3.8) is 0 Å². The van der Waals surface area contributed by atoms with E-state index in [4.69, 9.17) is 14.6 Å². The molecule has 3 heterocycles. The van der Waals surface area contributed by atoms with Gasteiger partial charge in [-0.15, -0.1) is 0 Å². The fourth-order valence-electron chi connectivity index (χ4n) is 3.79. The van der Waals surface area contributed by atoms with Gasteiger partial charge in [-0.05, 0) is 41.1 Å². The topological polar surface area (TPSA) is 70.1 Å². The molecule has 0 radical (unpaired) electrons. The molecule has 6 nitrogen and oxygen atoms in total. The number of thiophene rings is 1. The van der Waals surface area contributed by atoms with E-state index in [-0.39, 0.29) is 5.91 Å². The molecule has 2 aliphatic rings. The van der Waals surface area contributed by atoms with E-state index < -0.39 is 12.1 Å². The Morgan fingerprint density at radius 2 is 1.93 bits per heavy atom. The molecule has 0 aromatic carbocycles. The first-order valence-corrected chi connectivity index (χ1v) is 11.0. The summed E-state index contributed by atoms with van der Waals surface area (Å²) in [4.78, 5) is 26.1. The van der Waals surface area contributed by atoms with Crippen LogP contribution in [0.1, 0.15) is 32.3 Å². The van der Waals surface area contributed by atoms with Gasteiger partial charge < -0.3 is 14.7 Å². The van der Waals surface area contributed by atoms with Gasteiger partial charge in [-0.3, -0.25) is 9.69 Å². The Bertz CT molecular complexity index is 682. The Labute approximate surface area is 178 Å². The predicted molar refractivity (Wildman–Crippen MR) is 107 cm³/mol. The number of hydrogen-bond donors (Lipinski definition) is 1. The monoisotopic (exact) mass is 450 g/mol. The van der Waals surface area contributed by atoms with Crippen LogP contribution in [0.25, 0.3) is 0 Å². The van der Waals surface area contributed by atoms with Crippen LogP contribution in [-0.2, 0) is 20.7 Å². The molecule has 0 bridgehead atoms. The summed E-state index contributed by atoms with van der Waals surface area (Å²) in [6, 6.07) is 2.53. The summed E-state index contributed by atoms with van der Waals surface area (Å²) in [5, 5.41) is 11.2. The number of aliphatic carboxylic acids is 1. The summed E-state index contributed by atoms with van der Waals surface area (Å²) in [5.74, 6) is -1.82. The number of halogens is 3. The first-order valence-electron chi connectivity index (χ1n) is 10.0. The maximum atomic E-state index is 12.6. The van der Waals surface area contributed by atoms with Crippen molar-refractivity contribution in [3.8, 4) is 0 Å². The van der Waals surface area contributed by atoms with Crippen molar-refractivity contribution in [3.05, 3.63) is 22.4 Å². The standard InChI is InChI=1S/C18H28N2O2S.C2HF3O2/c1-14(2)12-20-8-9-22-17-4-7-19(6-3-16(17)20)18(21)11-15-5-10-23-13-15;3-2(4,5)1(6)7/h5,10,13-14,16-17H,3-4,6-9,11-12H2,1-2H3;(H,6,7)/t16-,17-;/m1./s1. The Morgan fingerprint density at radius 1 is 1.27 bits per heavy atom. The molecule has 1 aromatic heterocycles. The summed E-state index contributed by atoms with van der Waals surface area (Å²) in [7, 11) is 0. The molecule has 3 rings (SSSR count). The second kappa shape index (κ2) is 11.1. The second-order valence-electron chi connectivity index (χ2n) is 7.93. The molecule has 1 amide bonds. The summed E-state index contributed by atoms with van der Waals surface area (Å²) in [5.41, 5.74) is 1.14. The quantitative estimate of drug-likeness (QED) is 0.763. The molecule has 2 saturated heterocycles. The van der Waals surface area contributed by atoms with Crippen LogP contribution >= 0.6 is 11.3 Å². The highest BCUT2D eigenvalue weighted by Gasteiger charge is 2.38. The van der Waals surface area contributed by atoms with E-state index in [1.54, 1.807) is 11.3 Å². The average molecular weight is 451 g/mol. The highest BCUT2D eigenvalue weighted by atomic mass is 32.1. The predicted octanol–water partition coefficient (Wildman–Crippen LogP) is 3.27. The second-order valence-corrected chi connectivity index (χ2v) is 8.71. The minimum absolute atomic E-state index is 0.262. The molecule has 0 aliphatic carbocycles. The molecule has 30 heavy (non-hydrogen) atoms. The number of fused-ring (bicyclic) bond motifs is 1. The van der Waals surface area contributed by atoms with Gasteiger partial charge in [0, 0.05) is 32.2 Å². The van der Waals surface area contributed by atoms with Crippen LogP contribution in [0.2, 0.25) is 0 Å². The number of likely N-dealkylation sites (tertiary alicyclic amines) is 1. The Hall–Kier alpha value is -1.65. The van der Waals surface area contributed by atoms with E-state index in [2.05, 4.69) is 24.1 Å². The third-order valence-corrected chi connectivity index (χ3v) is 5.85. The van der Waals surface area contributed by atoms with Crippen molar-refractivity contribution >= 4 is 23.2 Å². The number of hydrogen-bond acceptors (Lipinski definition) is 5. The fourth-order valence-corrected chi connectivity index (χ4v) is 4.45. The van der Waals surface area contributed by atoms with E-state index in [9.17, 15) is 18.0 Å². The van der Waals surface area contributed by atoms with Gasteiger partial charge >= 0.3 is 12.1 Å². The van der Waals surface area contributed by atoms with Crippen molar-refractivity contribution in [1.29, 1.82) is 0 Å². The van der Waals surface area contributed by atoms with E-state index in [1.165, 1.54) is 0 Å². The average Bonchev–Trinajstić information content (AvgIpc) is 3.05. The van der Waals surface area contributed by atoms with Gasteiger partial charge in [0.05, 0.1) is 19.1 Å². The highest BCUT2D eigenvalue weighted by Crippen LogP contribution is 2.25. The van der Waals surface area contributed by atoms with Crippen LogP contribution < -0.4 is 0 Å². The fraction of sp³-hybridized carbons (Fsp3) is 0.700. The van der Waals surface area contributed by atoms with Gasteiger partial charge in [-0.25, -0.2) is 4.79 Å². The summed E-state index contributed by atoms with van der Waals surface area (Å²) in [6.45, 7) is 9.24. The molecule has 2 aliphatic heterocycles. The number of alkyl halides is 3. The number of carboxylic acids is 1. The van der Waals surface area contributed by atoms with E-state index in [1.807, 2.05) is 16.3 Å². The van der Waals surface area contributed by atoms with Crippen molar-refractivity contribution < 1.29 is 32.6 Å². The number of ether oxygens (including phenoxy) is 1. The third-order valence-electron chi connectivity index (χ3n) is 5.12. The number of carboxylic acid groups (broad SMARTS) is 1. The van der Waals surface area contributed by atoms with Gasteiger partial charge in [0.15, 0.2) is 0 Å². The Kier molecular flexibility index (Phi) is 9.11. The van der Waals surface area contributed by atoms with Crippen LogP contribution in [0.3, 0.4) is 0 Å². The summed E-state index contributed by atoms with van der Waals surface area (Å²) < 4.78 is 37.8. The van der Waals surface area contributed by atoms with E-state index in [0.717, 1.165) is 51.2 Å². The largest absolute Gasteiger partial charge is 0.490 e. The van der Waals surface area contributed by atoms with Crippen LogP contribution in [0.15, 0.2) is 16.8 Å². The summed E-state index contributed by atoms with van der Waals surface area (Å²) >= 11 is 1.66. The highest BCUT2D eigenvalue weighted by molar-refractivity contribution is 7.08. The van der Waals surface area contributed by atoms with Gasteiger partial charge in [-0.2, -0.15) is 24.5 Å². The van der Waals surface area contributed by atoms with Crippen LogP contribution in [0.4, 0.5) is 13.2 Å². The lowest BCUT2D eigenvalue weighted by Gasteiger charge is -2.41. The van der Waals surface area contributed by atoms with Crippen LogP contribution in [0.5, 0.6) is 0 Å². The zero-order valence-electron chi connectivity index (χ0n) is 17.2. The van der Waals surface area contributed by atoms with E-state index >= 15 is 0 Å². The first-order chi connectivity index (χ1) is 14.1. The van der Waals surface area contributed by atoms with Gasteiger partial charge in [0.1, 0.15) is 0 Å². The van der Waals surface area contributed by atoms with Gasteiger partial charge in [-0.1, -0.05) is 13.8 Å². The van der Waals surface area contributed by atoms with Gasteiger partial charge in [0.25, 0.3) is 0 Å². The molecular weight excluding hydrogens is 421 g/mol. The van der Waals surface area contributed by atoms with Crippen LogP contribution in [-0.4, -0.2) is 77.9 Å². The smallest absolute Gasteiger partial charge is 0.475 e. The van der Waals surface area contributed by atoms with Crippen molar-refractivity contribution in [2.45, 2.75) is 51.4 Å². The molecule has 1 aromatic rings. The molecular formula is C20H29F3N2O4S. The first kappa shape index (κ1) is 24.6. The zero-order valence-corrected chi connectivity index (χ0v) is 18.0. The molecule has 0 saturated carbocycles. The molecule has 0 spiro atoms. The lowest BCUT2D eigenvalue weighted by molar-refractivity contribution is -0.192. The van der Waals surface area contributed by atoms with Crippen molar-refractivity contribution in [2.24, 2.45) is 5.92 Å². The number of carbonyl (C=O) groups excluding carboxylic acids is 1. The maximum Gasteiger partial charge on any atom is 0.490 e. The summed E-state index contributed by atoms with van der Waals surface area (Å²) in [6.07, 6.45) is -2.25. The number of amides is 1. The van der Waals surface area contributed by atoms with Gasteiger partial charge in [0.2, 0.25) is 5.91 Å². The number of morpholine rings is 1. The third kappa shape index (κ3) is 7.55. The van der Waals surface area contributed by atoms with Crippen LogP contribution in [0, 0.1) is 5.92 Å². The van der Waals surface area contributed by atoms with E-state index in [0.29, 0.717) is 24.5 Å². The van der Waals surface area contributed by atoms with Crippen molar-refractivity contribution in [1.82, 2.24) is 9.80 Å². The maximum absolute atomic E-state index is 12.6. The zero-order chi connectivity index (χ0) is 22.3. The van der Waals surface area contributed by atoms with Crippen molar-refractivity contribution in [2.75, 3.05) is 32.8 Å². The molecule has 2 atom stereocenters. The molecule has 10 heteroatoms. The number of rotatable bonds is 4. The lowest BCUT2D eigenvalue weighted by atomic mass is 10.0. The molecule has 0 unspecified atom stereocenters. The normalized spacial score (nSPS) is 22.7. The molecule has 2 fully saturated rings. The minimum atomic E-state index is -5.08. The number of nitrogens with zero attached hydrogens (tertiary/aromatic N) is 2. The minimum Gasteiger partial charge on any atom is -0.475 e. The Morgan fingerprint density at radius 3 is 2.50 bits per heavy atom. The molecule has 170 valence electrons. The number of carbonyl (C=O) groups is 2. The lowest BCUT2D eigenvalue weighted by Crippen LogP contribution is -2.52.